The van der Waals surface area contributed by atoms with Gasteiger partial charge in [0.25, 0.3) is 0 Å². The maximum Gasteiger partial charge on any atom is 0.421 e. The standard InChI is InChI=1S/C48H42N2O11/c1-57-26-27-60-47(56)49-38-23-20-31(17-16-30-18-21-35(58-2)22-19-30)28-37(38)48(46(49)55)39(44(52)53)41-45(54)61-42(33-12-7-4-8-13-33)40(32-10-5-3-6-11-32)50(41)43(48)34-14-9-15-36(29-34)59-25-24-51/h3-15,18-23,28-29,39-43,51H,24-27H2,1-2H3,(H,52,53). The third-order valence-corrected chi connectivity index (χ3v) is 11.4. The molecule has 0 saturated carbocycles. The van der Waals surface area contributed by atoms with Crippen LogP contribution in [-0.4, -0.2) is 85.7 Å². The van der Waals surface area contributed by atoms with Crippen molar-refractivity contribution in [2.75, 3.05) is 45.5 Å². The number of rotatable bonds is 11. The molecule has 13 heteroatoms. The van der Waals surface area contributed by atoms with Gasteiger partial charge < -0.3 is 33.9 Å². The first kappa shape index (κ1) is 40.8. The average molecular weight is 823 g/mol. The first-order chi connectivity index (χ1) is 29.7. The number of anilines is 1. The number of carbonyl (C=O) groups excluding carboxylic acids is 3. The lowest BCUT2D eigenvalue weighted by molar-refractivity contribution is -0.179. The van der Waals surface area contributed by atoms with E-state index in [1.165, 1.54) is 7.11 Å². The van der Waals surface area contributed by atoms with Gasteiger partial charge in [-0.1, -0.05) is 84.6 Å². The van der Waals surface area contributed by atoms with Crippen molar-refractivity contribution in [2.24, 2.45) is 5.92 Å². The summed E-state index contributed by atoms with van der Waals surface area (Å²) in [5.41, 5.74) is 0.874. The molecular formula is C48H42N2O11. The van der Waals surface area contributed by atoms with Crippen LogP contribution in [0.1, 0.15) is 51.6 Å². The van der Waals surface area contributed by atoms with Gasteiger partial charge in [-0.05, 0) is 76.9 Å². The Balaban J connectivity index is 1.42. The number of carboxylic acid groups (broad SMARTS) is 1. The highest BCUT2D eigenvalue weighted by atomic mass is 16.6. The number of cyclic esters (lactones) is 1. The highest BCUT2D eigenvalue weighted by molar-refractivity contribution is 6.23. The number of aliphatic hydroxyl groups excluding tert-OH is 1. The molecule has 8 rings (SSSR count). The molecule has 0 bridgehead atoms. The summed E-state index contributed by atoms with van der Waals surface area (Å²) in [4.78, 5) is 61.7. The zero-order valence-electron chi connectivity index (χ0n) is 33.3. The first-order valence-electron chi connectivity index (χ1n) is 19.7. The van der Waals surface area contributed by atoms with Gasteiger partial charge >= 0.3 is 18.0 Å². The number of fused-ring (bicyclic) bond motifs is 3. The number of carboxylic acids is 1. The van der Waals surface area contributed by atoms with Gasteiger partial charge in [0.1, 0.15) is 48.2 Å². The Kier molecular flexibility index (Phi) is 11.6. The Labute approximate surface area is 352 Å². The molecule has 2 N–H and O–H groups in total. The van der Waals surface area contributed by atoms with Gasteiger partial charge in [-0.25, -0.2) is 9.69 Å². The molecule has 6 unspecified atom stereocenters. The number of imide groups is 1. The summed E-state index contributed by atoms with van der Waals surface area (Å²) in [5, 5.41) is 21.2. The molecule has 310 valence electrons. The normalized spacial score (nSPS) is 22.7. The van der Waals surface area contributed by atoms with E-state index in [4.69, 9.17) is 23.7 Å². The molecule has 3 aliphatic rings. The first-order valence-corrected chi connectivity index (χ1v) is 19.7. The van der Waals surface area contributed by atoms with E-state index in [0.29, 0.717) is 39.3 Å². The van der Waals surface area contributed by atoms with E-state index in [0.717, 1.165) is 4.90 Å². The molecule has 2 fully saturated rings. The van der Waals surface area contributed by atoms with Crippen molar-refractivity contribution >= 4 is 29.6 Å². The van der Waals surface area contributed by atoms with Crippen LogP contribution in [0.25, 0.3) is 0 Å². The second kappa shape index (κ2) is 17.3. The number of benzene rings is 5. The summed E-state index contributed by atoms with van der Waals surface area (Å²) in [6, 6.07) is 33.4. The molecule has 3 aliphatic heterocycles. The fourth-order valence-corrected chi connectivity index (χ4v) is 8.98. The third-order valence-electron chi connectivity index (χ3n) is 11.4. The Morgan fingerprint density at radius 3 is 2.08 bits per heavy atom. The van der Waals surface area contributed by atoms with E-state index in [1.54, 1.807) is 78.7 Å². The molecule has 0 aliphatic carbocycles. The Morgan fingerprint density at radius 2 is 1.41 bits per heavy atom. The van der Waals surface area contributed by atoms with Crippen molar-refractivity contribution in [1.29, 1.82) is 0 Å². The number of hydrogen-bond acceptors (Lipinski definition) is 11. The van der Waals surface area contributed by atoms with Crippen LogP contribution >= 0.6 is 0 Å². The lowest BCUT2D eigenvalue weighted by Crippen LogP contribution is -2.53. The van der Waals surface area contributed by atoms with E-state index in [1.807, 2.05) is 60.7 Å². The monoisotopic (exact) mass is 822 g/mol. The summed E-state index contributed by atoms with van der Waals surface area (Å²) in [6.45, 7) is -0.482. The Bertz CT molecular complexity index is 2500. The van der Waals surface area contributed by atoms with Crippen LogP contribution in [0.4, 0.5) is 10.5 Å². The summed E-state index contributed by atoms with van der Waals surface area (Å²) >= 11 is 0. The minimum Gasteiger partial charge on any atom is -0.497 e. The van der Waals surface area contributed by atoms with Crippen LogP contribution in [0.5, 0.6) is 11.5 Å². The second-order valence-corrected chi connectivity index (χ2v) is 14.7. The van der Waals surface area contributed by atoms with E-state index in [9.17, 15) is 24.6 Å². The second-order valence-electron chi connectivity index (χ2n) is 14.7. The lowest BCUT2D eigenvalue weighted by atomic mass is 9.65. The van der Waals surface area contributed by atoms with Gasteiger partial charge in [-0.15, -0.1) is 0 Å². The van der Waals surface area contributed by atoms with Gasteiger partial charge in [-0.3, -0.25) is 19.3 Å². The predicted molar refractivity (Wildman–Crippen MR) is 221 cm³/mol. The molecule has 2 saturated heterocycles. The van der Waals surface area contributed by atoms with E-state index < -0.39 is 59.5 Å². The van der Waals surface area contributed by atoms with E-state index >= 15 is 4.79 Å². The summed E-state index contributed by atoms with van der Waals surface area (Å²) in [7, 11) is 3.00. The largest absolute Gasteiger partial charge is 0.497 e. The number of hydrogen-bond donors (Lipinski definition) is 2. The highest BCUT2D eigenvalue weighted by Crippen LogP contribution is 2.66. The van der Waals surface area contributed by atoms with Crippen LogP contribution in [-0.2, 0) is 34.0 Å². The van der Waals surface area contributed by atoms with Crippen molar-refractivity contribution in [3.8, 4) is 23.3 Å². The molecule has 5 aromatic rings. The number of esters is 1. The zero-order chi connectivity index (χ0) is 42.7. The molecule has 0 aromatic heterocycles. The minimum absolute atomic E-state index is 0.0357. The summed E-state index contributed by atoms with van der Waals surface area (Å²) < 4.78 is 28.2. The van der Waals surface area contributed by atoms with Crippen molar-refractivity contribution in [3.63, 3.8) is 0 Å². The Morgan fingerprint density at radius 1 is 0.738 bits per heavy atom. The molecular weight excluding hydrogens is 781 g/mol. The molecule has 1 spiro atoms. The average Bonchev–Trinajstić information content (AvgIpc) is 3.75. The van der Waals surface area contributed by atoms with E-state index in [2.05, 4.69) is 11.8 Å². The predicted octanol–water partition coefficient (Wildman–Crippen LogP) is 6.00. The van der Waals surface area contributed by atoms with Crippen LogP contribution in [0, 0.1) is 17.8 Å². The molecule has 13 nitrogen and oxygen atoms in total. The maximum atomic E-state index is 15.9. The number of methoxy groups -OCH3 is 2. The summed E-state index contributed by atoms with van der Waals surface area (Å²) in [5.74, 6) is 2.22. The number of amides is 2. The third kappa shape index (κ3) is 7.24. The van der Waals surface area contributed by atoms with Crippen molar-refractivity contribution in [2.45, 2.75) is 29.6 Å². The zero-order valence-corrected chi connectivity index (χ0v) is 33.3. The summed E-state index contributed by atoms with van der Waals surface area (Å²) in [6.07, 6.45) is -2.00. The van der Waals surface area contributed by atoms with Gasteiger partial charge in [0.2, 0.25) is 5.91 Å². The van der Waals surface area contributed by atoms with E-state index in [-0.39, 0.29) is 37.7 Å². The van der Waals surface area contributed by atoms with Gasteiger partial charge in [0.15, 0.2) is 0 Å². The van der Waals surface area contributed by atoms with Gasteiger partial charge in [0, 0.05) is 18.2 Å². The molecule has 3 heterocycles. The van der Waals surface area contributed by atoms with Crippen LogP contribution in [0.15, 0.2) is 127 Å². The van der Waals surface area contributed by atoms with Gasteiger partial charge in [-0.2, -0.15) is 0 Å². The molecule has 0 radical (unpaired) electrons. The number of aliphatic hydroxyl groups is 1. The molecule has 61 heavy (non-hydrogen) atoms. The SMILES string of the molecule is COCCOC(=O)N1C(=O)C2(c3cc(C#Cc4ccc(OC)cc4)ccc31)C(C(=O)O)C1C(=O)OC(c3ccccc3)C(c3ccccc3)N1C2c1cccc(OCCO)c1. The lowest BCUT2D eigenvalue weighted by Gasteiger charge is -2.46. The number of carbonyl (C=O) groups is 4. The van der Waals surface area contributed by atoms with Crippen molar-refractivity contribution < 1.29 is 53.1 Å². The van der Waals surface area contributed by atoms with Crippen LogP contribution < -0.4 is 14.4 Å². The van der Waals surface area contributed by atoms with Crippen molar-refractivity contribution in [3.05, 3.63) is 161 Å². The molecule has 6 atom stereocenters. The minimum atomic E-state index is -2.18. The number of morpholine rings is 1. The maximum absolute atomic E-state index is 15.9. The Hall–Kier alpha value is -6.98. The smallest absolute Gasteiger partial charge is 0.421 e. The number of nitrogens with zero attached hydrogens (tertiary/aromatic N) is 2. The van der Waals surface area contributed by atoms with Gasteiger partial charge in [0.05, 0.1) is 38.1 Å². The number of ether oxygens (including phenoxy) is 5. The fraction of sp³-hybridized carbons (Fsp3) is 0.250. The molecule has 2 amide bonds. The highest BCUT2D eigenvalue weighted by Gasteiger charge is 2.76. The van der Waals surface area contributed by atoms with Crippen LogP contribution in [0.2, 0.25) is 0 Å². The topological polar surface area (TPSA) is 161 Å². The van der Waals surface area contributed by atoms with Crippen LogP contribution in [0.3, 0.4) is 0 Å². The fourth-order valence-electron chi connectivity index (χ4n) is 8.98. The molecule has 5 aromatic carbocycles. The quantitative estimate of drug-likeness (QED) is 0.0910. The number of aliphatic carboxylic acids is 1. The van der Waals surface area contributed by atoms with Crippen molar-refractivity contribution in [1.82, 2.24) is 4.90 Å².